The summed E-state index contributed by atoms with van der Waals surface area (Å²) in [5.41, 5.74) is 4.59. The van der Waals surface area contributed by atoms with Crippen LogP contribution in [-0.4, -0.2) is 35.7 Å². The number of furan rings is 1. The quantitative estimate of drug-likeness (QED) is 0.470. The van der Waals surface area contributed by atoms with Crippen LogP contribution in [-0.2, 0) is 16.1 Å². The number of nitrogens with one attached hydrogen (secondary N) is 2. The van der Waals surface area contributed by atoms with Crippen LogP contribution in [0.25, 0.3) is 11.1 Å². The van der Waals surface area contributed by atoms with Gasteiger partial charge in [0.2, 0.25) is 0 Å². The van der Waals surface area contributed by atoms with E-state index in [2.05, 4.69) is 34.9 Å². The van der Waals surface area contributed by atoms with Gasteiger partial charge >= 0.3 is 12.1 Å². The van der Waals surface area contributed by atoms with Crippen LogP contribution in [0.1, 0.15) is 52.6 Å². The summed E-state index contributed by atoms with van der Waals surface area (Å²) in [5.74, 6) is -1.51. The van der Waals surface area contributed by atoms with Gasteiger partial charge in [0.05, 0.1) is 12.5 Å². The molecule has 2 atom stereocenters. The van der Waals surface area contributed by atoms with Crippen molar-refractivity contribution in [3.8, 4) is 11.1 Å². The second kappa shape index (κ2) is 9.66. The SMILES string of the molecule is O=C(NCc1ccc(C(=O)N[C@H]2CCC[C@H]2C(=O)O)o1)OCC1c2ccccc2-c2ccccc21. The highest BCUT2D eigenvalue weighted by atomic mass is 16.5. The first kappa shape index (κ1) is 22.7. The van der Waals surface area contributed by atoms with Crippen LogP contribution in [0.5, 0.6) is 0 Å². The van der Waals surface area contributed by atoms with E-state index in [1.165, 1.54) is 6.07 Å². The Morgan fingerprint density at radius 2 is 1.63 bits per heavy atom. The molecule has 0 unspecified atom stereocenters. The maximum Gasteiger partial charge on any atom is 0.407 e. The first-order valence-corrected chi connectivity index (χ1v) is 11.7. The molecule has 5 rings (SSSR count). The lowest BCUT2D eigenvalue weighted by atomic mass is 9.98. The van der Waals surface area contributed by atoms with Gasteiger partial charge in [0.15, 0.2) is 5.76 Å². The van der Waals surface area contributed by atoms with E-state index in [9.17, 15) is 19.5 Å². The molecule has 8 nitrogen and oxygen atoms in total. The molecule has 2 aromatic carbocycles. The maximum absolute atomic E-state index is 12.5. The summed E-state index contributed by atoms with van der Waals surface area (Å²) in [6.07, 6.45) is 1.35. The minimum Gasteiger partial charge on any atom is -0.481 e. The molecule has 3 N–H and O–H groups in total. The van der Waals surface area contributed by atoms with E-state index in [0.717, 1.165) is 28.7 Å². The average molecular weight is 475 g/mol. The second-order valence-corrected chi connectivity index (χ2v) is 8.90. The Morgan fingerprint density at radius 3 is 2.31 bits per heavy atom. The highest BCUT2D eigenvalue weighted by molar-refractivity contribution is 5.92. The van der Waals surface area contributed by atoms with E-state index in [0.29, 0.717) is 18.6 Å². The number of rotatable bonds is 7. The topological polar surface area (TPSA) is 118 Å². The minimum absolute atomic E-state index is 0.0303. The molecule has 1 fully saturated rings. The van der Waals surface area contributed by atoms with Gasteiger partial charge in [-0.3, -0.25) is 9.59 Å². The van der Waals surface area contributed by atoms with E-state index >= 15 is 0 Å². The number of ether oxygens (including phenoxy) is 1. The third-order valence-electron chi connectivity index (χ3n) is 6.79. The number of benzene rings is 2. The van der Waals surface area contributed by atoms with Crippen molar-refractivity contribution in [1.29, 1.82) is 0 Å². The predicted octanol–water partition coefficient (Wildman–Crippen LogP) is 4.30. The fraction of sp³-hybridized carbons (Fsp3) is 0.296. The average Bonchev–Trinajstić information content (AvgIpc) is 3.59. The first-order valence-electron chi connectivity index (χ1n) is 11.7. The maximum atomic E-state index is 12.5. The summed E-state index contributed by atoms with van der Waals surface area (Å²) < 4.78 is 11.1. The number of carbonyl (C=O) groups is 3. The lowest BCUT2D eigenvalue weighted by molar-refractivity contribution is -0.142. The minimum atomic E-state index is -0.903. The number of alkyl carbamates (subject to hydrolysis) is 1. The van der Waals surface area contributed by atoms with Crippen molar-refractivity contribution in [2.75, 3.05) is 6.61 Å². The van der Waals surface area contributed by atoms with Crippen molar-refractivity contribution in [3.63, 3.8) is 0 Å². The van der Waals surface area contributed by atoms with Crippen molar-refractivity contribution in [3.05, 3.63) is 83.3 Å². The van der Waals surface area contributed by atoms with Gasteiger partial charge in [0.1, 0.15) is 12.4 Å². The molecule has 2 amide bonds. The van der Waals surface area contributed by atoms with Crippen LogP contribution in [0, 0.1) is 5.92 Å². The molecule has 2 aliphatic carbocycles. The molecule has 2 aliphatic rings. The van der Waals surface area contributed by atoms with Gasteiger partial charge < -0.3 is 24.9 Å². The number of carbonyl (C=O) groups excluding carboxylic acids is 2. The fourth-order valence-corrected chi connectivity index (χ4v) is 5.07. The summed E-state index contributed by atoms with van der Waals surface area (Å²) in [6, 6.07) is 18.9. The summed E-state index contributed by atoms with van der Waals surface area (Å²) in [5, 5.41) is 14.7. The summed E-state index contributed by atoms with van der Waals surface area (Å²) in [7, 11) is 0. The Labute approximate surface area is 202 Å². The summed E-state index contributed by atoms with van der Waals surface area (Å²) >= 11 is 0. The number of amides is 2. The molecule has 180 valence electrons. The standard InChI is InChI=1S/C27H26N2O6/c30-25(29-23-11-5-10-21(23)26(31)32)24-13-12-16(35-24)14-28-27(33)34-15-22-19-8-3-1-6-17(19)18-7-2-4-9-20(18)22/h1-4,6-9,12-13,21-23H,5,10-11,14-15H2,(H,28,33)(H,29,30)(H,31,32)/t21-,23+/m1/s1. The Kier molecular flexibility index (Phi) is 6.27. The van der Waals surface area contributed by atoms with Crippen LogP contribution in [0.3, 0.4) is 0 Å². The second-order valence-electron chi connectivity index (χ2n) is 8.90. The van der Waals surface area contributed by atoms with Gasteiger partial charge in [0, 0.05) is 12.0 Å². The van der Waals surface area contributed by atoms with Crippen LogP contribution in [0.4, 0.5) is 4.79 Å². The molecule has 0 radical (unpaired) electrons. The lowest BCUT2D eigenvalue weighted by Gasteiger charge is -2.16. The van der Waals surface area contributed by atoms with Crippen LogP contribution in [0.2, 0.25) is 0 Å². The normalized spacial score (nSPS) is 18.5. The number of fused-ring (bicyclic) bond motifs is 3. The monoisotopic (exact) mass is 474 g/mol. The Balaban J connectivity index is 1.14. The van der Waals surface area contributed by atoms with Crippen molar-refractivity contribution >= 4 is 18.0 Å². The first-order chi connectivity index (χ1) is 17.0. The molecular weight excluding hydrogens is 448 g/mol. The van der Waals surface area contributed by atoms with Crippen molar-refractivity contribution in [2.45, 2.75) is 37.8 Å². The zero-order valence-electron chi connectivity index (χ0n) is 19.0. The van der Waals surface area contributed by atoms with Crippen molar-refractivity contribution in [2.24, 2.45) is 5.92 Å². The van der Waals surface area contributed by atoms with E-state index in [4.69, 9.17) is 9.15 Å². The zero-order chi connectivity index (χ0) is 24.4. The Bertz CT molecular complexity index is 1220. The molecule has 0 spiro atoms. The molecule has 0 saturated heterocycles. The Hall–Kier alpha value is -4.07. The van der Waals surface area contributed by atoms with Crippen LogP contribution in [0.15, 0.2) is 65.1 Å². The smallest absolute Gasteiger partial charge is 0.407 e. The summed E-state index contributed by atoms with van der Waals surface area (Å²) in [6.45, 7) is 0.267. The largest absolute Gasteiger partial charge is 0.481 e. The molecule has 1 saturated carbocycles. The van der Waals surface area contributed by atoms with Gasteiger partial charge in [-0.05, 0) is 47.2 Å². The Morgan fingerprint density at radius 1 is 0.943 bits per heavy atom. The highest BCUT2D eigenvalue weighted by Crippen LogP contribution is 2.44. The number of carboxylic acid groups (broad SMARTS) is 1. The van der Waals surface area contributed by atoms with E-state index in [1.54, 1.807) is 6.07 Å². The number of carboxylic acids is 1. The van der Waals surface area contributed by atoms with E-state index in [1.807, 2.05) is 24.3 Å². The fourth-order valence-electron chi connectivity index (χ4n) is 5.07. The van der Waals surface area contributed by atoms with Gasteiger partial charge in [-0.25, -0.2) is 4.79 Å². The molecule has 1 heterocycles. The van der Waals surface area contributed by atoms with Gasteiger partial charge in [-0.15, -0.1) is 0 Å². The molecular formula is C27H26N2O6. The molecule has 8 heteroatoms. The molecule has 0 aliphatic heterocycles. The molecule has 0 bridgehead atoms. The number of hydrogen-bond donors (Lipinski definition) is 3. The highest BCUT2D eigenvalue weighted by Gasteiger charge is 2.34. The van der Waals surface area contributed by atoms with Gasteiger partial charge in [-0.2, -0.15) is 0 Å². The van der Waals surface area contributed by atoms with Crippen LogP contribution >= 0.6 is 0 Å². The van der Waals surface area contributed by atoms with Gasteiger partial charge in [0.25, 0.3) is 5.91 Å². The predicted molar refractivity (Wildman–Crippen MR) is 127 cm³/mol. The van der Waals surface area contributed by atoms with Gasteiger partial charge in [-0.1, -0.05) is 55.0 Å². The van der Waals surface area contributed by atoms with Crippen molar-refractivity contribution < 1.29 is 28.6 Å². The molecule has 35 heavy (non-hydrogen) atoms. The third kappa shape index (κ3) is 4.64. The van der Waals surface area contributed by atoms with E-state index < -0.39 is 29.9 Å². The number of aliphatic carboxylic acids is 1. The summed E-state index contributed by atoms with van der Waals surface area (Å²) in [4.78, 5) is 36.1. The van der Waals surface area contributed by atoms with Crippen molar-refractivity contribution in [1.82, 2.24) is 10.6 Å². The number of hydrogen-bond acceptors (Lipinski definition) is 5. The zero-order valence-corrected chi connectivity index (χ0v) is 19.0. The van der Waals surface area contributed by atoms with Crippen LogP contribution < -0.4 is 10.6 Å². The molecule has 1 aromatic heterocycles. The third-order valence-corrected chi connectivity index (χ3v) is 6.79. The van der Waals surface area contributed by atoms with E-state index in [-0.39, 0.29) is 24.8 Å². The molecule has 3 aromatic rings. The lowest BCUT2D eigenvalue weighted by Crippen LogP contribution is -2.40.